The minimum absolute atomic E-state index is 0.0985. The van der Waals surface area contributed by atoms with Crippen molar-refractivity contribution in [2.24, 2.45) is 0 Å². The quantitative estimate of drug-likeness (QED) is 0.270. The Balaban J connectivity index is 1.35. The number of anilines is 2. The Kier molecular flexibility index (Phi) is 8.01. The van der Waals surface area contributed by atoms with Gasteiger partial charge in [0.15, 0.2) is 11.0 Å². The summed E-state index contributed by atoms with van der Waals surface area (Å²) in [6, 6.07) is 19.2. The summed E-state index contributed by atoms with van der Waals surface area (Å²) in [4.78, 5) is 15.1. The number of carbonyl (C=O) groups is 1. The van der Waals surface area contributed by atoms with E-state index in [1.54, 1.807) is 18.2 Å². The van der Waals surface area contributed by atoms with Crippen LogP contribution in [0.4, 0.5) is 11.4 Å². The second kappa shape index (κ2) is 11.6. The van der Waals surface area contributed by atoms with Crippen LogP contribution in [0.3, 0.4) is 0 Å². The van der Waals surface area contributed by atoms with Crippen LogP contribution in [0, 0.1) is 13.8 Å². The van der Waals surface area contributed by atoms with Crippen LogP contribution in [0.5, 0.6) is 5.75 Å². The van der Waals surface area contributed by atoms with Crippen LogP contribution in [-0.2, 0) is 9.53 Å². The van der Waals surface area contributed by atoms with Crippen LogP contribution < -0.4 is 10.2 Å². The largest absolute Gasteiger partial charge is 0.507 e. The topological polar surface area (TPSA) is 92.5 Å². The second-order valence-electron chi connectivity index (χ2n) is 9.08. The van der Waals surface area contributed by atoms with Crippen molar-refractivity contribution in [1.29, 1.82) is 0 Å². The molecule has 1 fully saturated rings. The lowest BCUT2D eigenvalue weighted by molar-refractivity contribution is -0.113. The van der Waals surface area contributed by atoms with Gasteiger partial charge in [0.05, 0.1) is 30.2 Å². The molecule has 38 heavy (non-hydrogen) atoms. The van der Waals surface area contributed by atoms with Crippen LogP contribution in [0.25, 0.3) is 17.1 Å². The Labute approximate surface area is 234 Å². The van der Waals surface area contributed by atoms with Gasteiger partial charge in [-0.3, -0.25) is 9.36 Å². The van der Waals surface area contributed by atoms with E-state index in [-0.39, 0.29) is 17.4 Å². The molecule has 0 unspecified atom stereocenters. The molecule has 4 aromatic rings. The number of aromatic nitrogens is 3. The maximum Gasteiger partial charge on any atom is 0.234 e. The first-order valence-corrected chi connectivity index (χ1v) is 14.0. The van der Waals surface area contributed by atoms with Crippen molar-refractivity contribution in [3.8, 4) is 22.8 Å². The highest BCUT2D eigenvalue weighted by Gasteiger charge is 2.21. The number of hydrogen-bond acceptors (Lipinski definition) is 7. The summed E-state index contributed by atoms with van der Waals surface area (Å²) in [5.41, 5.74) is 5.46. The fourth-order valence-electron chi connectivity index (χ4n) is 4.40. The molecule has 1 amide bonds. The first-order chi connectivity index (χ1) is 18.4. The summed E-state index contributed by atoms with van der Waals surface area (Å²) in [5.74, 6) is 0.605. The number of phenolic OH excluding ortho intramolecular Hbond substituents is 1. The molecule has 2 N–H and O–H groups in total. The molecule has 0 atom stereocenters. The minimum atomic E-state index is -0.142. The van der Waals surface area contributed by atoms with E-state index in [0.717, 1.165) is 59.0 Å². The average Bonchev–Trinajstić information content (AvgIpc) is 3.33. The van der Waals surface area contributed by atoms with Crippen molar-refractivity contribution >= 4 is 45.0 Å². The Morgan fingerprint density at radius 2 is 1.82 bits per heavy atom. The maximum atomic E-state index is 12.8. The molecule has 10 heteroatoms. The van der Waals surface area contributed by atoms with E-state index in [9.17, 15) is 9.90 Å². The van der Waals surface area contributed by atoms with Gasteiger partial charge in [0.1, 0.15) is 5.75 Å². The minimum Gasteiger partial charge on any atom is -0.507 e. The molecule has 196 valence electrons. The zero-order valence-corrected chi connectivity index (χ0v) is 23.6. The first kappa shape index (κ1) is 26.3. The molecular weight excluding hydrogens is 566 g/mol. The standard InChI is InChI=1S/C28H28BrN5O3S/c1-18-3-9-24(19(2)15-18)34-27(23-16-20(29)4-10-25(23)35)31-32-28(34)38-17-26(36)30-21-5-7-22(8-6-21)33-11-13-37-14-12-33/h3-10,15-16,35H,11-14,17H2,1-2H3,(H,30,36). The number of aryl methyl sites for hydroxylation is 2. The molecule has 0 aliphatic carbocycles. The number of hydrogen-bond donors (Lipinski definition) is 2. The normalized spacial score (nSPS) is 13.5. The Bertz CT molecular complexity index is 1450. The summed E-state index contributed by atoms with van der Waals surface area (Å²) in [7, 11) is 0. The molecule has 0 spiro atoms. The summed E-state index contributed by atoms with van der Waals surface area (Å²) >= 11 is 4.77. The molecule has 1 aliphatic heterocycles. The smallest absolute Gasteiger partial charge is 0.234 e. The number of ether oxygens (including phenoxy) is 1. The number of morpholine rings is 1. The van der Waals surface area contributed by atoms with E-state index in [1.165, 1.54) is 11.8 Å². The Morgan fingerprint density at radius 1 is 1.05 bits per heavy atom. The predicted octanol–water partition coefficient (Wildman–Crippen LogP) is 5.59. The highest BCUT2D eigenvalue weighted by Crippen LogP contribution is 2.35. The van der Waals surface area contributed by atoms with Gasteiger partial charge in [-0.15, -0.1) is 10.2 Å². The predicted molar refractivity (Wildman–Crippen MR) is 154 cm³/mol. The Hall–Kier alpha value is -3.34. The number of amides is 1. The summed E-state index contributed by atoms with van der Waals surface area (Å²) in [5, 5.41) is 22.9. The van der Waals surface area contributed by atoms with Crippen molar-refractivity contribution in [2.75, 3.05) is 42.3 Å². The molecule has 2 heterocycles. The molecule has 1 aromatic heterocycles. The van der Waals surface area contributed by atoms with Crippen molar-refractivity contribution in [3.05, 3.63) is 76.3 Å². The number of nitrogens with one attached hydrogen (secondary N) is 1. The van der Waals surface area contributed by atoms with Gasteiger partial charge in [-0.25, -0.2) is 0 Å². The first-order valence-electron chi connectivity index (χ1n) is 12.3. The summed E-state index contributed by atoms with van der Waals surface area (Å²) in [6.07, 6.45) is 0. The van der Waals surface area contributed by atoms with Crippen molar-refractivity contribution in [3.63, 3.8) is 0 Å². The number of phenols is 1. The average molecular weight is 595 g/mol. The SMILES string of the molecule is Cc1ccc(-n2c(SCC(=O)Nc3ccc(N4CCOCC4)cc3)nnc2-c2cc(Br)ccc2O)c(C)c1. The number of thioether (sulfide) groups is 1. The highest BCUT2D eigenvalue weighted by atomic mass is 79.9. The van der Waals surface area contributed by atoms with Crippen LogP contribution in [-0.4, -0.2) is 57.8 Å². The monoisotopic (exact) mass is 593 g/mol. The molecule has 0 saturated carbocycles. The van der Waals surface area contributed by atoms with Crippen molar-refractivity contribution in [2.45, 2.75) is 19.0 Å². The van der Waals surface area contributed by atoms with Gasteiger partial charge in [0.25, 0.3) is 0 Å². The molecule has 3 aromatic carbocycles. The van der Waals surface area contributed by atoms with Gasteiger partial charge in [-0.2, -0.15) is 0 Å². The van der Waals surface area contributed by atoms with Gasteiger partial charge in [0.2, 0.25) is 5.91 Å². The zero-order valence-electron chi connectivity index (χ0n) is 21.1. The lowest BCUT2D eigenvalue weighted by Crippen LogP contribution is -2.36. The molecule has 1 saturated heterocycles. The van der Waals surface area contributed by atoms with Gasteiger partial charge in [-0.1, -0.05) is 45.4 Å². The molecule has 5 rings (SSSR count). The number of aromatic hydroxyl groups is 1. The summed E-state index contributed by atoms with van der Waals surface area (Å²) < 4.78 is 8.13. The van der Waals surface area contributed by atoms with Crippen molar-refractivity contribution in [1.82, 2.24) is 14.8 Å². The molecule has 8 nitrogen and oxygen atoms in total. The lowest BCUT2D eigenvalue weighted by Gasteiger charge is -2.28. The van der Waals surface area contributed by atoms with Gasteiger partial charge >= 0.3 is 0 Å². The Morgan fingerprint density at radius 3 is 2.55 bits per heavy atom. The van der Waals surface area contributed by atoms with Crippen molar-refractivity contribution < 1.29 is 14.6 Å². The number of halogens is 1. The van der Waals surface area contributed by atoms with E-state index in [1.807, 2.05) is 54.8 Å². The van der Waals surface area contributed by atoms with Crippen LogP contribution in [0.2, 0.25) is 0 Å². The van der Waals surface area contributed by atoms with E-state index in [2.05, 4.69) is 42.4 Å². The third kappa shape index (κ3) is 5.87. The highest BCUT2D eigenvalue weighted by molar-refractivity contribution is 9.10. The third-order valence-electron chi connectivity index (χ3n) is 6.29. The molecular formula is C28H28BrN5O3S. The second-order valence-corrected chi connectivity index (χ2v) is 10.9. The number of benzene rings is 3. The van der Waals surface area contributed by atoms with Crippen LogP contribution in [0.1, 0.15) is 11.1 Å². The molecule has 0 radical (unpaired) electrons. The lowest BCUT2D eigenvalue weighted by atomic mass is 10.1. The van der Waals surface area contributed by atoms with E-state index < -0.39 is 0 Å². The summed E-state index contributed by atoms with van der Waals surface area (Å²) in [6.45, 7) is 7.25. The molecule has 0 bridgehead atoms. The van der Waals surface area contributed by atoms with E-state index in [0.29, 0.717) is 16.5 Å². The number of nitrogens with zero attached hydrogens (tertiary/aromatic N) is 4. The van der Waals surface area contributed by atoms with Gasteiger partial charge in [-0.05, 0) is 67.9 Å². The molecule has 1 aliphatic rings. The maximum absolute atomic E-state index is 12.8. The fraction of sp³-hybridized carbons (Fsp3) is 0.250. The van der Waals surface area contributed by atoms with E-state index >= 15 is 0 Å². The van der Waals surface area contributed by atoms with E-state index in [4.69, 9.17) is 4.74 Å². The van der Waals surface area contributed by atoms with Crippen LogP contribution >= 0.6 is 27.7 Å². The third-order valence-corrected chi connectivity index (χ3v) is 7.71. The number of rotatable bonds is 7. The van der Waals surface area contributed by atoms with Gasteiger partial charge < -0.3 is 20.1 Å². The number of carbonyl (C=O) groups excluding carboxylic acids is 1. The fourth-order valence-corrected chi connectivity index (χ4v) is 5.51. The zero-order chi connectivity index (χ0) is 26.6. The van der Waals surface area contributed by atoms with Gasteiger partial charge in [0, 0.05) is 28.9 Å². The van der Waals surface area contributed by atoms with Crippen LogP contribution in [0.15, 0.2) is 70.3 Å².